The number of carbonyl (C=O) groups excluding carboxylic acids is 1. The Morgan fingerprint density at radius 1 is 1.44 bits per heavy atom. The lowest BCUT2D eigenvalue weighted by Gasteiger charge is -2.33. The smallest absolute Gasteiger partial charge is 0.410 e. The predicted molar refractivity (Wildman–Crippen MR) is 62.7 cm³/mol. The topological polar surface area (TPSA) is 67.6 Å². The summed E-state index contributed by atoms with van der Waals surface area (Å²) >= 11 is 0. The Labute approximate surface area is 97.3 Å². The Morgan fingerprint density at radius 2 is 2.00 bits per heavy atom. The van der Waals surface area contributed by atoms with Gasteiger partial charge in [-0.25, -0.2) is 4.79 Å². The van der Waals surface area contributed by atoms with Crippen molar-refractivity contribution in [1.29, 1.82) is 0 Å². The standard InChI is InChI=1S/C11H23N3O2/c1-11(2,3)16-10(15)14-6-4-9(5-7-14)8-13-12/h9,13H,4-8,12H2,1-3H3. The van der Waals surface area contributed by atoms with Crippen LogP contribution in [0.3, 0.4) is 0 Å². The molecule has 1 aliphatic heterocycles. The van der Waals surface area contributed by atoms with Crippen molar-refractivity contribution in [2.75, 3.05) is 19.6 Å². The van der Waals surface area contributed by atoms with E-state index in [1.54, 1.807) is 4.90 Å². The second kappa shape index (κ2) is 5.50. The van der Waals surface area contributed by atoms with E-state index in [4.69, 9.17) is 10.6 Å². The average molecular weight is 229 g/mol. The van der Waals surface area contributed by atoms with Crippen molar-refractivity contribution in [3.05, 3.63) is 0 Å². The van der Waals surface area contributed by atoms with Gasteiger partial charge in [0.1, 0.15) is 5.60 Å². The van der Waals surface area contributed by atoms with Gasteiger partial charge in [0.25, 0.3) is 0 Å². The van der Waals surface area contributed by atoms with Crippen LogP contribution in [-0.4, -0.2) is 36.2 Å². The molecule has 0 aromatic heterocycles. The van der Waals surface area contributed by atoms with Crippen LogP contribution in [0.4, 0.5) is 4.79 Å². The van der Waals surface area contributed by atoms with Crippen LogP contribution in [0, 0.1) is 5.92 Å². The lowest BCUT2D eigenvalue weighted by molar-refractivity contribution is 0.0184. The van der Waals surface area contributed by atoms with E-state index in [2.05, 4.69) is 5.43 Å². The number of hydrogen-bond donors (Lipinski definition) is 2. The highest BCUT2D eigenvalue weighted by Crippen LogP contribution is 2.18. The Kier molecular flexibility index (Phi) is 4.56. The van der Waals surface area contributed by atoms with Gasteiger partial charge in [-0.15, -0.1) is 0 Å². The lowest BCUT2D eigenvalue weighted by Crippen LogP contribution is -2.43. The van der Waals surface area contributed by atoms with Crippen molar-refractivity contribution in [2.45, 2.75) is 39.2 Å². The molecule has 0 atom stereocenters. The summed E-state index contributed by atoms with van der Waals surface area (Å²) in [6.45, 7) is 8.01. The number of ether oxygens (including phenoxy) is 1. The average Bonchev–Trinajstić information content (AvgIpc) is 2.16. The summed E-state index contributed by atoms with van der Waals surface area (Å²) in [6, 6.07) is 0. The minimum Gasteiger partial charge on any atom is -0.444 e. The van der Waals surface area contributed by atoms with Crippen LogP contribution in [0.15, 0.2) is 0 Å². The van der Waals surface area contributed by atoms with E-state index in [-0.39, 0.29) is 6.09 Å². The zero-order valence-electron chi connectivity index (χ0n) is 10.5. The summed E-state index contributed by atoms with van der Waals surface area (Å²) in [4.78, 5) is 13.5. The van der Waals surface area contributed by atoms with Crippen LogP contribution in [-0.2, 0) is 4.74 Å². The highest BCUT2D eigenvalue weighted by Gasteiger charge is 2.26. The number of carbonyl (C=O) groups is 1. The van der Waals surface area contributed by atoms with Crippen LogP contribution in [0.2, 0.25) is 0 Å². The fraction of sp³-hybridized carbons (Fsp3) is 0.909. The van der Waals surface area contributed by atoms with E-state index in [9.17, 15) is 4.79 Å². The van der Waals surface area contributed by atoms with Crippen molar-refractivity contribution < 1.29 is 9.53 Å². The van der Waals surface area contributed by atoms with Gasteiger partial charge in [0.15, 0.2) is 0 Å². The Hall–Kier alpha value is -0.810. The number of nitrogens with zero attached hydrogens (tertiary/aromatic N) is 1. The SMILES string of the molecule is CC(C)(C)OC(=O)N1CCC(CNN)CC1. The third-order valence-corrected chi connectivity index (χ3v) is 2.67. The molecule has 0 unspecified atom stereocenters. The van der Waals surface area contributed by atoms with Gasteiger partial charge < -0.3 is 9.64 Å². The highest BCUT2D eigenvalue weighted by atomic mass is 16.6. The van der Waals surface area contributed by atoms with E-state index >= 15 is 0 Å². The fourth-order valence-corrected chi connectivity index (χ4v) is 1.81. The largest absolute Gasteiger partial charge is 0.444 e. The van der Waals surface area contributed by atoms with Gasteiger partial charge in [-0.3, -0.25) is 11.3 Å². The van der Waals surface area contributed by atoms with Gasteiger partial charge in [-0.05, 0) is 39.5 Å². The fourth-order valence-electron chi connectivity index (χ4n) is 1.81. The molecule has 0 saturated carbocycles. The molecule has 0 aromatic rings. The lowest BCUT2D eigenvalue weighted by atomic mass is 9.97. The first-order valence-corrected chi connectivity index (χ1v) is 5.84. The van der Waals surface area contributed by atoms with Gasteiger partial charge in [0, 0.05) is 19.6 Å². The molecule has 0 radical (unpaired) electrons. The number of hydrogen-bond acceptors (Lipinski definition) is 4. The maximum Gasteiger partial charge on any atom is 0.410 e. The summed E-state index contributed by atoms with van der Waals surface area (Å²) in [7, 11) is 0. The Balaban J connectivity index is 2.33. The number of likely N-dealkylation sites (tertiary alicyclic amines) is 1. The van der Waals surface area contributed by atoms with E-state index in [1.807, 2.05) is 20.8 Å². The normalized spacial score (nSPS) is 18.6. The number of nitrogens with one attached hydrogen (secondary N) is 1. The first-order valence-electron chi connectivity index (χ1n) is 5.84. The van der Waals surface area contributed by atoms with Crippen LogP contribution in [0.5, 0.6) is 0 Å². The first kappa shape index (κ1) is 13.3. The molecule has 0 aromatic carbocycles. The molecular weight excluding hydrogens is 206 g/mol. The summed E-state index contributed by atoms with van der Waals surface area (Å²) in [6.07, 6.45) is 1.78. The third kappa shape index (κ3) is 4.37. The molecule has 5 nitrogen and oxygen atoms in total. The van der Waals surface area contributed by atoms with Crippen molar-refractivity contribution >= 4 is 6.09 Å². The molecule has 3 N–H and O–H groups in total. The van der Waals surface area contributed by atoms with Crippen LogP contribution in [0.25, 0.3) is 0 Å². The number of hydrazine groups is 1. The van der Waals surface area contributed by atoms with Crippen LogP contribution >= 0.6 is 0 Å². The zero-order valence-corrected chi connectivity index (χ0v) is 10.5. The molecule has 94 valence electrons. The van der Waals surface area contributed by atoms with Gasteiger partial charge >= 0.3 is 6.09 Å². The molecule has 16 heavy (non-hydrogen) atoms. The molecular formula is C11H23N3O2. The van der Waals surface area contributed by atoms with Crippen LogP contribution in [0.1, 0.15) is 33.6 Å². The molecule has 1 fully saturated rings. The van der Waals surface area contributed by atoms with Crippen LogP contribution < -0.4 is 11.3 Å². The van der Waals surface area contributed by atoms with Crippen molar-refractivity contribution in [3.8, 4) is 0 Å². The molecule has 0 bridgehead atoms. The molecule has 1 amide bonds. The molecule has 1 rings (SSSR count). The number of nitrogens with two attached hydrogens (primary N) is 1. The Bertz CT molecular complexity index is 230. The van der Waals surface area contributed by atoms with Crippen molar-refractivity contribution in [3.63, 3.8) is 0 Å². The second-order valence-corrected chi connectivity index (χ2v) is 5.32. The maximum atomic E-state index is 11.7. The number of rotatable bonds is 2. The highest BCUT2D eigenvalue weighted by molar-refractivity contribution is 5.68. The summed E-state index contributed by atoms with van der Waals surface area (Å²) < 4.78 is 5.32. The van der Waals surface area contributed by atoms with Gasteiger partial charge in [-0.1, -0.05) is 0 Å². The molecule has 5 heteroatoms. The number of piperidine rings is 1. The summed E-state index contributed by atoms with van der Waals surface area (Å²) in [5.74, 6) is 5.85. The first-order chi connectivity index (χ1) is 7.42. The predicted octanol–water partition coefficient (Wildman–Crippen LogP) is 1.10. The van der Waals surface area contributed by atoms with Crippen molar-refractivity contribution in [2.24, 2.45) is 11.8 Å². The Morgan fingerprint density at radius 3 is 2.44 bits per heavy atom. The molecule has 1 heterocycles. The minimum absolute atomic E-state index is 0.202. The quantitative estimate of drug-likeness (QED) is 0.549. The van der Waals surface area contributed by atoms with Gasteiger partial charge in [-0.2, -0.15) is 0 Å². The number of amides is 1. The van der Waals surface area contributed by atoms with Gasteiger partial charge in [0.2, 0.25) is 0 Å². The molecule has 0 aliphatic carbocycles. The van der Waals surface area contributed by atoms with E-state index in [0.717, 1.165) is 32.5 Å². The second-order valence-electron chi connectivity index (χ2n) is 5.32. The zero-order chi connectivity index (χ0) is 12.2. The van der Waals surface area contributed by atoms with Crippen molar-refractivity contribution in [1.82, 2.24) is 10.3 Å². The van der Waals surface area contributed by atoms with E-state index < -0.39 is 5.60 Å². The maximum absolute atomic E-state index is 11.7. The molecule has 0 spiro atoms. The summed E-state index contributed by atoms with van der Waals surface area (Å²) in [5.41, 5.74) is 2.28. The minimum atomic E-state index is -0.410. The van der Waals surface area contributed by atoms with E-state index in [1.165, 1.54) is 0 Å². The molecule has 1 saturated heterocycles. The van der Waals surface area contributed by atoms with Gasteiger partial charge in [0.05, 0.1) is 0 Å². The molecule has 1 aliphatic rings. The third-order valence-electron chi connectivity index (χ3n) is 2.67. The van der Waals surface area contributed by atoms with E-state index in [0.29, 0.717) is 5.92 Å². The summed E-state index contributed by atoms with van der Waals surface area (Å²) in [5, 5.41) is 0. The monoisotopic (exact) mass is 229 g/mol.